The van der Waals surface area contributed by atoms with Crippen molar-refractivity contribution in [2.24, 2.45) is 4.99 Å². The summed E-state index contributed by atoms with van der Waals surface area (Å²) in [5.41, 5.74) is 2.27. The number of nitrogens with zero attached hydrogens (tertiary/aromatic N) is 1. The maximum atomic E-state index is 4.24. The fourth-order valence-corrected chi connectivity index (χ4v) is 2.21. The highest BCUT2D eigenvalue weighted by Gasteiger charge is 2.04. The summed E-state index contributed by atoms with van der Waals surface area (Å²) in [6, 6.07) is 12.5. The smallest absolute Gasteiger partial charge is 0.0392 e. The van der Waals surface area contributed by atoms with Crippen LogP contribution in [-0.4, -0.2) is 12.8 Å². The second-order valence-corrected chi connectivity index (χ2v) is 4.30. The number of halogens is 1. The Hall–Kier alpha value is -1.15. The van der Waals surface area contributed by atoms with Crippen LogP contribution in [0.3, 0.4) is 0 Å². The first-order chi connectivity index (χ1) is 7.24. The zero-order chi connectivity index (χ0) is 10.8. The van der Waals surface area contributed by atoms with E-state index in [1.54, 1.807) is 0 Å². The lowest BCUT2D eigenvalue weighted by Crippen LogP contribution is -1.95. The molecule has 0 spiro atoms. The van der Waals surface area contributed by atoms with Gasteiger partial charge in [0.05, 0.1) is 0 Å². The number of benzene rings is 2. The Labute approximate surface area is 98.0 Å². The van der Waals surface area contributed by atoms with Crippen molar-refractivity contribution in [3.8, 4) is 0 Å². The molecule has 0 aliphatic heterocycles. The lowest BCUT2D eigenvalue weighted by atomic mass is 10.0. The Morgan fingerprint density at radius 1 is 1.07 bits per heavy atom. The summed E-state index contributed by atoms with van der Waals surface area (Å²) in [6.45, 7) is 2.04. The second-order valence-electron chi connectivity index (χ2n) is 3.45. The summed E-state index contributed by atoms with van der Waals surface area (Å²) in [7, 11) is 1.83. The first-order valence-electron chi connectivity index (χ1n) is 4.85. The summed E-state index contributed by atoms with van der Waals surface area (Å²) >= 11 is 3.56. The van der Waals surface area contributed by atoms with Crippen LogP contribution in [0.2, 0.25) is 0 Å². The van der Waals surface area contributed by atoms with Gasteiger partial charge < -0.3 is 0 Å². The van der Waals surface area contributed by atoms with Crippen LogP contribution in [0.25, 0.3) is 10.8 Å². The van der Waals surface area contributed by atoms with Gasteiger partial charge in [0.25, 0.3) is 0 Å². The van der Waals surface area contributed by atoms with Gasteiger partial charge in [-0.2, -0.15) is 0 Å². The molecule has 0 radical (unpaired) electrons. The molecule has 0 fully saturated rings. The Bertz CT molecular complexity index is 529. The van der Waals surface area contributed by atoms with Gasteiger partial charge in [-0.15, -0.1) is 0 Å². The fraction of sp³-hybridized carbons (Fsp3) is 0.154. The second kappa shape index (κ2) is 4.15. The number of fused-ring (bicyclic) bond motifs is 1. The first-order valence-corrected chi connectivity index (χ1v) is 5.64. The van der Waals surface area contributed by atoms with Crippen molar-refractivity contribution >= 4 is 32.4 Å². The van der Waals surface area contributed by atoms with E-state index in [1.807, 2.05) is 14.0 Å². The third-order valence-electron chi connectivity index (χ3n) is 2.59. The minimum atomic E-state index is 1.07. The van der Waals surface area contributed by atoms with E-state index >= 15 is 0 Å². The van der Waals surface area contributed by atoms with Gasteiger partial charge >= 0.3 is 0 Å². The molecule has 0 saturated heterocycles. The van der Waals surface area contributed by atoms with Gasteiger partial charge in [-0.1, -0.05) is 46.3 Å². The maximum Gasteiger partial charge on any atom is 0.0392 e. The molecule has 0 aliphatic rings. The Balaban J connectivity index is 2.83. The highest BCUT2D eigenvalue weighted by molar-refractivity contribution is 9.10. The third-order valence-corrected chi connectivity index (χ3v) is 3.29. The standard InChI is InChI=1S/C13H12BrN/c1-9(15-2)10-5-3-7-12-11(10)6-4-8-13(12)14/h3-8H,1-2H3. The van der Waals surface area contributed by atoms with Crippen LogP contribution in [0, 0.1) is 0 Å². The van der Waals surface area contributed by atoms with Crippen molar-refractivity contribution < 1.29 is 0 Å². The van der Waals surface area contributed by atoms with E-state index < -0.39 is 0 Å². The molecule has 0 aromatic heterocycles. The molecule has 0 heterocycles. The Morgan fingerprint density at radius 3 is 2.47 bits per heavy atom. The molecule has 2 aromatic carbocycles. The molecule has 1 nitrogen and oxygen atoms in total. The summed E-state index contributed by atoms with van der Waals surface area (Å²) < 4.78 is 1.13. The quantitative estimate of drug-likeness (QED) is 0.688. The highest BCUT2D eigenvalue weighted by atomic mass is 79.9. The molecule has 0 bridgehead atoms. The van der Waals surface area contributed by atoms with E-state index in [1.165, 1.54) is 16.3 Å². The SMILES string of the molecule is CN=C(C)c1cccc2c(Br)cccc12. The molecule has 0 amide bonds. The average Bonchev–Trinajstić information content (AvgIpc) is 2.28. The van der Waals surface area contributed by atoms with Crippen LogP contribution in [-0.2, 0) is 0 Å². The molecular weight excluding hydrogens is 250 g/mol. The van der Waals surface area contributed by atoms with Crippen molar-refractivity contribution in [1.29, 1.82) is 0 Å². The molecule has 2 aromatic rings. The van der Waals surface area contributed by atoms with Crippen LogP contribution < -0.4 is 0 Å². The molecular formula is C13H12BrN. The summed E-state index contributed by atoms with van der Waals surface area (Å²) in [5.74, 6) is 0. The van der Waals surface area contributed by atoms with Crippen LogP contribution in [0.5, 0.6) is 0 Å². The van der Waals surface area contributed by atoms with Crippen molar-refractivity contribution in [1.82, 2.24) is 0 Å². The van der Waals surface area contributed by atoms with E-state index in [2.05, 4.69) is 57.3 Å². The number of rotatable bonds is 1. The summed E-state index contributed by atoms with van der Waals surface area (Å²) in [5, 5.41) is 2.48. The zero-order valence-electron chi connectivity index (χ0n) is 8.79. The zero-order valence-corrected chi connectivity index (χ0v) is 10.4. The predicted molar refractivity (Wildman–Crippen MR) is 69.8 cm³/mol. The molecule has 0 atom stereocenters. The van der Waals surface area contributed by atoms with Gasteiger partial charge in [-0.25, -0.2) is 0 Å². The lowest BCUT2D eigenvalue weighted by Gasteiger charge is -2.06. The molecule has 15 heavy (non-hydrogen) atoms. The van der Waals surface area contributed by atoms with Crippen molar-refractivity contribution in [2.75, 3.05) is 7.05 Å². The average molecular weight is 262 g/mol. The topological polar surface area (TPSA) is 12.4 Å². The highest BCUT2D eigenvalue weighted by Crippen LogP contribution is 2.26. The van der Waals surface area contributed by atoms with E-state index in [-0.39, 0.29) is 0 Å². The molecule has 76 valence electrons. The van der Waals surface area contributed by atoms with Crippen LogP contribution >= 0.6 is 15.9 Å². The third kappa shape index (κ3) is 1.82. The van der Waals surface area contributed by atoms with E-state index in [0.29, 0.717) is 0 Å². The fourth-order valence-electron chi connectivity index (χ4n) is 1.71. The van der Waals surface area contributed by atoms with E-state index in [0.717, 1.165) is 10.2 Å². The molecule has 0 N–H and O–H groups in total. The minimum absolute atomic E-state index is 1.07. The molecule has 2 rings (SSSR count). The largest absolute Gasteiger partial charge is 0.293 e. The molecule has 2 heteroatoms. The molecule has 0 unspecified atom stereocenters. The van der Waals surface area contributed by atoms with Gasteiger partial charge in [0.1, 0.15) is 0 Å². The van der Waals surface area contributed by atoms with E-state index in [9.17, 15) is 0 Å². The Morgan fingerprint density at radius 2 is 1.73 bits per heavy atom. The number of hydrogen-bond donors (Lipinski definition) is 0. The summed E-state index contributed by atoms with van der Waals surface area (Å²) in [6.07, 6.45) is 0. The normalized spacial score (nSPS) is 12.1. The minimum Gasteiger partial charge on any atom is -0.293 e. The monoisotopic (exact) mass is 261 g/mol. The van der Waals surface area contributed by atoms with Crippen molar-refractivity contribution in [3.05, 3.63) is 46.4 Å². The van der Waals surface area contributed by atoms with Crippen LogP contribution in [0.4, 0.5) is 0 Å². The van der Waals surface area contributed by atoms with Crippen molar-refractivity contribution in [2.45, 2.75) is 6.92 Å². The molecule has 0 saturated carbocycles. The lowest BCUT2D eigenvalue weighted by molar-refractivity contribution is 1.42. The van der Waals surface area contributed by atoms with Crippen LogP contribution in [0.15, 0.2) is 45.9 Å². The predicted octanol–water partition coefficient (Wildman–Crippen LogP) is 4.04. The summed E-state index contributed by atoms with van der Waals surface area (Å²) in [4.78, 5) is 4.24. The van der Waals surface area contributed by atoms with Gasteiger partial charge in [0, 0.05) is 22.8 Å². The molecule has 0 aliphatic carbocycles. The van der Waals surface area contributed by atoms with Crippen LogP contribution in [0.1, 0.15) is 12.5 Å². The van der Waals surface area contributed by atoms with Gasteiger partial charge in [-0.05, 0) is 23.8 Å². The first kappa shape index (κ1) is 10.4. The Kier molecular flexibility index (Phi) is 2.87. The van der Waals surface area contributed by atoms with E-state index in [4.69, 9.17) is 0 Å². The van der Waals surface area contributed by atoms with Gasteiger partial charge in [0.15, 0.2) is 0 Å². The maximum absolute atomic E-state index is 4.24. The van der Waals surface area contributed by atoms with Gasteiger partial charge in [-0.3, -0.25) is 4.99 Å². The number of hydrogen-bond acceptors (Lipinski definition) is 1. The van der Waals surface area contributed by atoms with Crippen molar-refractivity contribution in [3.63, 3.8) is 0 Å². The number of aliphatic imine (C=N–C) groups is 1. The van der Waals surface area contributed by atoms with Gasteiger partial charge in [0.2, 0.25) is 0 Å².